The Bertz CT molecular complexity index is 1910. The van der Waals surface area contributed by atoms with Crippen molar-refractivity contribution in [2.75, 3.05) is 10.6 Å². The number of nitrogens with one attached hydrogen (secondary N) is 3. The van der Waals surface area contributed by atoms with E-state index in [9.17, 15) is 4.79 Å². The summed E-state index contributed by atoms with van der Waals surface area (Å²) in [6.07, 6.45) is 4.25. The molecule has 42 heavy (non-hydrogen) atoms. The van der Waals surface area contributed by atoms with Crippen LogP contribution in [-0.2, 0) is 13.1 Å². The van der Waals surface area contributed by atoms with Crippen LogP contribution in [-0.4, -0.2) is 20.6 Å². The Morgan fingerprint density at radius 2 is 1.62 bits per heavy atom. The van der Waals surface area contributed by atoms with Gasteiger partial charge >= 0.3 is 6.03 Å². The van der Waals surface area contributed by atoms with Crippen LogP contribution in [0.5, 0.6) is 0 Å². The zero-order valence-corrected chi connectivity index (χ0v) is 24.4. The maximum atomic E-state index is 12.6. The summed E-state index contributed by atoms with van der Waals surface area (Å²) in [6.45, 7) is 1.05. The van der Waals surface area contributed by atoms with E-state index in [1.807, 2.05) is 59.1 Å². The van der Waals surface area contributed by atoms with Crippen molar-refractivity contribution >= 4 is 49.9 Å². The van der Waals surface area contributed by atoms with Crippen LogP contribution >= 0.6 is 15.9 Å². The Hall–Kier alpha value is -4.69. The molecule has 7 rings (SSSR count). The van der Waals surface area contributed by atoms with Gasteiger partial charge in [0.25, 0.3) is 0 Å². The van der Waals surface area contributed by atoms with Crippen LogP contribution in [0.4, 0.5) is 16.3 Å². The number of nitrogens with zero attached hydrogens (tertiary/aromatic N) is 3. The van der Waals surface area contributed by atoms with Crippen LogP contribution in [0.2, 0.25) is 0 Å². The highest BCUT2D eigenvalue weighted by molar-refractivity contribution is 9.10. The number of rotatable bonds is 8. The van der Waals surface area contributed by atoms with Gasteiger partial charge in [-0.15, -0.1) is 0 Å². The molecule has 0 atom stereocenters. The molecule has 0 bridgehead atoms. The summed E-state index contributed by atoms with van der Waals surface area (Å²) in [7, 11) is 0. The van der Waals surface area contributed by atoms with Crippen LogP contribution in [0.1, 0.15) is 35.4 Å². The summed E-state index contributed by atoms with van der Waals surface area (Å²) in [5.41, 5.74) is 7.20. The number of urea groups is 1. The zero-order chi connectivity index (χ0) is 28.5. The van der Waals surface area contributed by atoms with E-state index in [-0.39, 0.29) is 6.03 Å². The lowest BCUT2D eigenvalue weighted by molar-refractivity contribution is 0.252. The third kappa shape index (κ3) is 5.45. The molecule has 6 aromatic rings. The number of anilines is 2. The van der Waals surface area contributed by atoms with Gasteiger partial charge in [0.1, 0.15) is 5.82 Å². The van der Waals surface area contributed by atoms with Gasteiger partial charge in [-0.05, 0) is 62.8 Å². The van der Waals surface area contributed by atoms with Gasteiger partial charge in [0.15, 0.2) is 5.65 Å². The van der Waals surface area contributed by atoms with E-state index in [2.05, 4.69) is 79.4 Å². The molecule has 1 fully saturated rings. The molecule has 0 saturated heterocycles. The maximum absolute atomic E-state index is 12.6. The molecule has 4 aromatic carbocycles. The molecule has 8 heteroatoms. The molecule has 1 aliphatic carbocycles. The quantitative estimate of drug-likeness (QED) is 0.161. The number of amides is 2. The van der Waals surface area contributed by atoms with Gasteiger partial charge < -0.3 is 16.0 Å². The molecule has 2 heterocycles. The fourth-order valence-corrected chi connectivity index (χ4v) is 5.68. The highest BCUT2D eigenvalue weighted by Gasteiger charge is 2.27. The molecule has 0 radical (unpaired) electrons. The van der Waals surface area contributed by atoms with Gasteiger partial charge in [-0.3, -0.25) is 0 Å². The Morgan fingerprint density at radius 3 is 2.45 bits per heavy atom. The van der Waals surface area contributed by atoms with E-state index in [0.29, 0.717) is 19.0 Å². The second-order valence-electron chi connectivity index (χ2n) is 10.6. The van der Waals surface area contributed by atoms with Gasteiger partial charge in [-0.25, -0.2) is 9.78 Å². The van der Waals surface area contributed by atoms with E-state index in [1.54, 1.807) is 6.20 Å². The van der Waals surface area contributed by atoms with Crippen molar-refractivity contribution in [3.05, 3.63) is 124 Å². The van der Waals surface area contributed by atoms with E-state index < -0.39 is 0 Å². The molecule has 208 valence electrons. The fraction of sp³-hybridized carbons (Fsp3) is 0.147. The summed E-state index contributed by atoms with van der Waals surface area (Å²) < 4.78 is 2.69. The number of carbonyl (C=O) groups excluding carboxylic acids is 1. The highest BCUT2D eigenvalue weighted by atomic mass is 79.9. The Labute approximate surface area is 252 Å². The van der Waals surface area contributed by atoms with E-state index in [4.69, 9.17) is 4.98 Å². The Morgan fingerprint density at radius 1 is 0.881 bits per heavy atom. The van der Waals surface area contributed by atoms with Gasteiger partial charge in [0.2, 0.25) is 0 Å². The van der Waals surface area contributed by atoms with Crippen molar-refractivity contribution in [1.82, 2.24) is 19.9 Å². The monoisotopic (exact) mass is 616 g/mol. The van der Waals surface area contributed by atoms with Crippen LogP contribution in [0.15, 0.2) is 108 Å². The minimum atomic E-state index is -0.233. The molecular weight excluding hydrogens is 588 g/mol. The van der Waals surface area contributed by atoms with Crippen LogP contribution in [0.3, 0.4) is 0 Å². The molecule has 0 unspecified atom stereocenters. The molecule has 1 aliphatic rings. The number of hydrogen-bond acceptors (Lipinski definition) is 4. The molecular formula is C34H29BrN6O. The number of halogens is 1. The standard InChI is InChI=1S/C34H29BrN6O/c35-29-21-38-41-32(18-31(39-33(29)41)28-10-4-3-8-26(28)25-16-17-25)36-19-22-12-14-23(15-13-22)20-37-34(42)40-30-11-5-7-24-6-1-2-9-27(24)30/h1-15,18,21,25,36H,16-17,19-20H2,(H2,37,40,42). The second-order valence-corrected chi connectivity index (χ2v) is 11.5. The number of hydrogen-bond donors (Lipinski definition) is 3. The lowest BCUT2D eigenvalue weighted by Gasteiger charge is -2.13. The summed E-state index contributed by atoms with van der Waals surface area (Å²) in [5, 5.41) is 16.1. The summed E-state index contributed by atoms with van der Waals surface area (Å²) in [6, 6.07) is 32.6. The van der Waals surface area contributed by atoms with E-state index in [0.717, 1.165) is 49.2 Å². The summed E-state index contributed by atoms with van der Waals surface area (Å²) in [5.74, 6) is 1.50. The average molecular weight is 618 g/mol. The van der Waals surface area contributed by atoms with Crippen molar-refractivity contribution in [3.8, 4) is 11.3 Å². The predicted octanol–water partition coefficient (Wildman–Crippen LogP) is 8.12. The van der Waals surface area contributed by atoms with Crippen molar-refractivity contribution in [1.29, 1.82) is 0 Å². The van der Waals surface area contributed by atoms with Crippen molar-refractivity contribution in [3.63, 3.8) is 0 Å². The number of fused-ring (bicyclic) bond motifs is 2. The molecule has 1 saturated carbocycles. The third-order valence-corrected chi connectivity index (χ3v) is 8.23. The van der Waals surface area contributed by atoms with Crippen molar-refractivity contribution in [2.24, 2.45) is 0 Å². The lowest BCUT2D eigenvalue weighted by atomic mass is 10.0. The third-order valence-electron chi connectivity index (χ3n) is 7.67. The van der Waals surface area contributed by atoms with E-state index in [1.165, 1.54) is 24.0 Å². The average Bonchev–Trinajstić information content (AvgIpc) is 3.81. The highest BCUT2D eigenvalue weighted by Crippen LogP contribution is 2.44. The first-order valence-corrected chi connectivity index (χ1v) is 14.9. The Kier molecular flexibility index (Phi) is 7.05. The first-order chi connectivity index (χ1) is 20.6. The summed E-state index contributed by atoms with van der Waals surface area (Å²) in [4.78, 5) is 17.6. The smallest absolute Gasteiger partial charge is 0.319 e. The van der Waals surface area contributed by atoms with Gasteiger partial charge in [-0.1, -0.05) is 84.9 Å². The number of aromatic nitrogens is 3. The van der Waals surface area contributed by atoms with Crippen LogP contribution < -0.4 is 16.0 Å². The first-order valence-electron chi connectivity index (χ1n) is 14.1. The lowest BCUT2D eigenvalue weighted by Crippen LogP contribution is -2.28. The van der Waals surface area contributed by atoms with Crippen LogP contribution in [0.25, 0.3) is 27.7 Å². The number of benzene rings is 4. The molecule has 0 aliphatic heterocycles. The van der Waals surface area contributed by atoms with E-state index >= 15 is 0 Å². The topological polar surface area (TPSA) is 83.3 Å². The van der Waals surface area contributed by atoms with Crippen molar-refractivity contribution < 1.29 is 4.79 Å². The first kappa shape index (κ1) is 26.2. The van der Waals surface area contributed by atoms with Gasteiger partial charge in [0, 0.05) is 30.1 Å². The fourth-order valence-electron chi connectivity index (χ4n) is 5.33. The minimum Gasteiger partial charge on any atom is -0.366 e. The molecule has 0 spiro atoms. The second kappa shape index (κ2) is 11.3. The maximum Gasteiger partial charge on any atom is 0.319 e. The normalized spacial score (nSPS) is 12.9. The van der Waals surface area contributed by atoms with Crippen molar-refractivity contribution in [2.45, 2.75) is 31.8 Å². The molecule has 3 N–H and O–H groups in total. The Balaban J connectivity index is 1.02. The van der Waals surface area contributed by atoms with Crippen LogP contribution in [0, 0.1) is 0 Å². The predicted molar refractivity (Wildman–Crippen MR) is 172 cm³/mol. The SMILES string of the molecule is O=C(NCc1ccc(CNc2cc(-c3ccccc3C3CC3)nc3c(Br)cnn23)cc1)Nc1cccc2ccccc12. The summed E-state index contributed by atoms with van der Waals surface area (Å²) >= 11 is 3.62. The number of carbonyl (C=O) groups is 1. The largest absolute Gasteiger partial charge is 0.366 e. The molecule has 2 aromatic heterocycles. The van der Waals surface area contributed by atoms with Gasteiger partial charge in [-0.2, -0.15) is 9.61 Å². The zero-order valence-electron chi connectivity index (χ0n) is 22.8. The molecule has 7 nitrogen and oxygen atoms in total. The molecule has 2 amide bonds. The van der Waals surface area contributed by atoms with Gasteiger partial charge in [0.05, 0.1) is 22.1 Å². The minimum absolute atomic E-state index is 0.233.